The number of halogens is 2. The predicted octanol–water partition coefficient (Wildman–Crippen LogP) is 6.24. The van der Waals surface area contributed by atoms with Crippen LogP contribution in [0.15, 0.2) is 41.1 Å². The van der Waals surface area contributed by atoms with E-state index in [4.69, 9.17) is 23.2 Å². The summed E-state index contributed by atoms with van der Waals surface area (Å²) in [6.07, 6.45) is 1.85. The Morgan fingerprint density at radius 2 is 2.05 bits per heavy atom. The van der Waals surface area contributed by atoms with Crippen LogP contribution in [0.2, 0.25) is 10.0 Å². The molecule has 0 spiro atoms. The highest BCUT2D eigenvalue weighted by Crippen LogP contribution is 2.31. The van der Waals surface area contributed by atoms with Crippen LogP contribution < -0.4 is 0 Å². The number of thiophene rings is 1. The number of allylic oxidation sites excluding steroid dienone is 1. The van der Waals surface area contributed by atoms with E-state index in [-0.39, 0.29) is 0 Å². The number of nitriles is 1. The van der Waals surface area contributed by atoms with Gasteiger partial charge in [0.2, 0.25) is 0 Å². The van der Waals surface area contributed by atoms with E-state index in [0.717, 1.165) is 16.1 Å². The lowest BCUT2D eigenvalue weighted by molar-refractivity contribution is 1.37. The molecule has 2 nitrogen and oxygen atoms in total. The Kier molecular flexibility index (Phi) is 4.60. The van der Waals surface area contributed by atoms with E-state index >= 15 is 0 Å². The zero-order valence-electron chi connectivity index (χ0n) is 11.1. The number of hydrogen-bond acceptors (Lipinski definition) is 4. The fourth-order valence-corrected chi connectivity index (χ4v) is 3.59. The summed E-state index contributed by atoms with van der Waals surface area (Å²) in [5.74, 6) is 0. The second-order valence-electron chi connectivity index (χ2n) is 4.35. The molecule has 0 saturated heterocycles. The Hall–Kier alpha value is -1.64. The largest absolute Gasteiger partial charge is 0.235 e. The van der Waals surface area contributed by atoms with Crippen LogP contribution in [0.4, 0.5) is 0 Å². The molecular formula is C16H8Cl2N2S2. The van der Waals surface area contributed by atoms with Crippen LogP contribution >= 0.6 is 45.9 Å². The number of thiazole rings is 1. The van der Waals surface area contributed by atoms with Gasteiger partial charge >= 0.3 is 0 Å². The van der Waals surface area contributed by atoms with Gasteiger partial charge in [-0.15, -0.1) is 22.7 Å². The second kappa shape index (κ2) is 6.64. The van der Waals surface area contributed by atoms with Crippen molar-refractivity contribution < 1.29 is 0 Å². The summed E-state index contributed by atoms with van der Waals surface area (Å²) in [7, 11) is 0. The summed E-state index contributed by atoms with van der Waals surface area (Å²) in [5.41, 5.74) is 2.22. The average molecular weight is 363 g/mol. The van der Waals surface area contributed by atoms with Crippen molar-refractivity contribution in [3.8, 4) is 17.3 Å². The Labute approximate surface area is 145 Å². The van der Waals surface area contributed by atoms with Crippen molar-refractivity contribution in [2.75, 3.05) is 0 Å². The van der Waals surface area contributed by atoms with Crippen LogP contribution in [0.3, 0.4) is 0 Å². The number of benzene rings is 1. The minimum atomic E-state index is 0.489. The highest BCUT2D eigenvalue weighted by molar-refractivity contribution is 7.12. The van der Waals surface area contributed by atoms with Crippen molar-refractivity contribution in [1.82, 2.24) is 4.98 Å². The Morgan fingerprint density at radius 3 is 2.73 bits per heavy atom. The topological polar surface area (TPSA) is 36.7 Å². The second-order valence-corrected chi connectivity index (χ2v) is 7.00. The molecule has 3 rings (SSSR count). The van der Waals surface area contributed by atoms with Crippen LogP contribution in [0.25, 0.3) is 22.9 Å². The summed E-state index contributed by atoms with van der Waals surface area (Å²) >= 11 is 15.0. The fraction of sp³-hybridized carbons (Fsp3) is 0. The molecule has 1 aromatic carbocycles. The first-order valence-electron chi connectivity index (χ1n) is 6.24. The van der Waals surface area contributed by atoms with Crippen molar-refractivity contribution in [3.05, 3.63) is 61.0 Å². The van der Waals surface area contributed by atoms with Gasteiger partial charge in [0.25, 0.3) is 0 Å². The van der Waals surface area contributed by atoms with Crippen molar-refractivity contribution in [3.63, 3.8) is 0 Å². The van der Waals surface area contributed by atoms with Crippen molar-refractivity contribution in [1.29, 1.82) is 5.26 Å². The lowest BCUT2D eigenvalue weighted by Crippen LogP contribution is -1.82. The molecule has 3 aromatic rings. The van der Waals surface area contributed by atoms with Gasteiger partial charge in [-0.05, 0) is 29.7 Å². The molecule has 22 heavy (non-hydrogen) atoms. The quantitative estimate of drug-likeness (QED) is 0.516. The maximum absolute atomic E-state index is 9.35. The minimum absolute atomic E-state index is 0.489. The van der Waals surface area contributed by atoms with E-state index in [2.05, 4.69) is 11.1 Å². The molecule has 0 atom stereocenters. The highest BCUT2D eigenvalue weighted by atomic mass is 35.5. The van der Waals surface area contributed by atoms with Crippen LogP contribution in [0.1, 0.15) is 9.88 Å². The Balaban J connectivity index is 1.96. The van der Waals surface area contributed by atoms with Gasteiger partial charge in [0, 0.05) is 15.8 Å². The molecule has 0 aliphatic carbocycles. The summed E-state index contributed by atoms with van der Waals surface area (Å²) in [5, 5.41) is 14.9. The molecular weight excluding hydrogens is 355 g/mol. The molecule has 0 unspecified atom stereocenters. The standard InChI is InChI=1S/C16H8Cl2N2S2/c17-13-4-3-10(7-14(13)18)15-9-22-16(20-15)11(8-19)6-12-2-1-5-21-12/h1-7,9H. The van der Waals surface area contributed by atoms with Crippen molar-refractivity contribution in [2.45, 2.75) is 0 Å². The summed E-state index contributed by atoms with van der Waals surface area (Å²) in [6, 6.07) is 11.5. The number of aromatic nitrogens is 1. The Morgan fingerprint density at radius 1 is 1.18 bits per heavy atom. The third-order valence-electron chi connectivity index (χ3n) is 2.90. The van der Waals surface area contributed by atoms with Gasteiger partial charge < -0.3 is 0 Å². The monoisotopic (exact) mass is 362 g/mol. The van der Waals surface area contributed by atoms with Gasteiger partial charge in [0.05, 0.1) is 21.3 Å². The third-order valence-corrected chi connectivity index (χ3v) is 5.33. The molecule has 6 heteroatoms. The van der Waals surface area contributed by atoms with Crippen LogP contribution in [-0.4, -0.2) is 4.98 Å². The number of hydrogen-bond donors (Lipinski definition) is 0. The molecule has 0 aliphatic heterocycles. The van der Waals surface area contributed by atoms with E-state index in [0.29, 0.717) is 20.6 Å². The molecule has 0 radical (unpaired) electrons. The maximum Gasteiger partial charge on any atom is 0.134 e. The van der Waals surface area contributed by atoms with Gasteiger partial charge in [-0.3, -0.25) is 0 Å². The highest BCUT2D eigenvalue weighted by Gasteiger charge is 2.10. The van der Waals surface area contributed by atoms with E-state index in [1.165, 1.54) is 11.3 Å². The number of rotatable bonds is 3. The maximum atomic E-state index is 9.35. The normalized spacial score (nSPS) is 11.4. The van der Waals surface area contributed by atoms with Crippen LogP contribution in [0, 0.1) is 11.3 Å². The Bertz CT molecular complexity index is 874. The van der Waals surface area contributed by atoms with Gasteiger partial charge in [0.15, 0.2) is 0 Å². The first-order chi connectivity index (χ1) is 10.7. The van der Waals surface area contributed by atoms with Crippen LogP contribution in [-0.2, 0) is 0 Å². The van der Waals surface area contributed by atoms with E-state index in [1.807, 2.05) is 35.0 Å². The first-order valence-corrected chi connectivity index (χ1v) is 8.75. The molecule has 108 valence electrons. The predicted molar refractivity (Wildman–Crippen MR) is 95.4 cm³/mol. The zero-order valence-corrected chi connectivity index (χ0v) is 14.2. The van der Waals surface area contributed by atoms with Crippen molar-refractivity contribution >= 4 is 57.5 Å². The molecule has 0 amide bonds. The first kappa shape index (κ1) is 15.3. The van der Waals surface area contributed by atoms with Gasteiger partial charge in [-0.25, -0.2) is 4.98 Å². The summed E-state index contributed by atoms with van der Waals surface area (Å²) in [4.78, 5) is 5.56. The van der Waals surface area contributed by atoms with Gasteiger partial charge in [-0.2, -0.15) is 5.26 Å². The van der Waals surface area contributed by atoms with E-state index in [9.17, 15) is 5.26 Å². The van der Waals surface area contributed by atoms with Gasteiger partial charge in [-0.1, -0.05) is 35.3 Å². The van der Waals surface area contributed by atoms with Crippen molar-refractivity contribution in [2.24, 2.45) is 0 Å². The summed E-state index contributed by atoms with van der Waals surface area (Å²) in [6.45, 7) is 0. The smallest absolute Gasteiger partial charge is 0.134 e. The number of nitrogens with zero attached hydrogens (tertiary/aromatic N) is 2. The SMILES string of the molecule is N#CC(=Cc1cccs1)c1nc(-c2ccc(Cl)c(Cl)c2)cs1. The lowest BCUT2D eigenvalue weighted by atomic mass is 10.2. The fourth-order valence-electron chi connectivity index (χ4n) is 1.84. The van der Waals surface area contributed by atoms with E-state index in [1.54, 1.807) is 23.5 Å². The zero-order chi connectivity index (χ0) is 15.5. The molecule has 0 aliphatic rings. The average Bonchev–Trinajstić information content (AvgIpc) is 3.18. The molecule has 2 heterocycles. The summed E-state index contributed by atoms with van der Waals surface area (Å²) < 4.78 is 0. The lowest BCUT2D eigenvalue weighted by Gasteiger charge is -1.99. The third kappa shape index (κ3) is 3.23. The molecule has 2 aromatic heterocycles. The molecule has 0 N–H and O–H groups in total. The molecule has 0 saturated carbocycles. The van der Waals surface area contributed by atoms with E-state index < -0.39 is 0 Å². The molecule has 0 bridgehead atoms. The van der Waals surface area contributed by atoms with Gasteiger partial charge in [0.1, 0.15) is 11.1 Å². The minimum Gasteiger partial charge on any atom is -0.235 e. The molecule has 0 fully saturated rings. The van der Waals surface area contributed by atoms with Crippen LogP contribution in [0.5, 0.6) is 0 Å².